The Morgan fingerprint density at radius 1 is 1.26 bits per heavy atom. The topological polar surface area (TPSA) is 38.4 Å². The average molecular weight is 270 g/mol. The number of nitrogens with two attached hydrogens (primary N) is 1. The number of rotatable bonds is 2. The van der Waals surface area contributed by atoms with Gasteiger partial charge in [0.25, 0.3) is 0 Å². The number of benzene rings is 1. The van der Waals surface area contributed by atoms with Crippen LogP contribution in [0, 0.1) is 12.3 Å². The molecule has 1 aromatic carbocycles. The molecule has 2 rings (SSSR count). The highest BCUT2D eigenvalue weighted by molar-refractivity contribution is 5.98. The van der Waals surface area contributed by atoms with E-state index in [4.69, 9.17) is 5.73 Å². The van der Waals surface area contributed by atoms with E-state index in [1.54, 1.807) is 13.0 Å². The molecule has 104 valence electrons. The van der Waals surface area contributed by atoms with Crippen molar-refractivity contribution < 1.29 is 13.2 Å². The maximum absolute atomic E-state index is 13.1. The standard InChI is InChI=1S/C14H17F3N2/c1-8-4-10(14(15,16)17)9-6-12(13(2,3)7-18)19-11(9)5-8/h4-5H,6-7,18H2,1-3H3. The summed E-state index contributed by atoms with van der Waals surface area (Å²) in [5.41, 5.74) is 6.72. The van der Waals surface area contributed by atoms with Crippen LogP contribution in [-0.4, -0.2) is 12.3 Å². The van der Waals surface area contributed by atoms with Gasteiger partial charge in [0.1, 0.15) is 0 Å². The first kappa shape index (κ1) is 14.1. The molecular weight excluding hydrogens is 253 g/mol. The molecule has 2 N–H and O–H groups in total. The van der Waals surface area contributed by atoms with E-state index in [0.717, 1.165) is 5.71 Å². The highest BCUT2D eigenvalue weighted by Crippen LogP contribution is 2.42. The van der Waals surface area contributed by atoms with Gasteiger partial charge in [0, 0.05) is 24.1 Å². The second-order valence-corrected chi connectivity index (χ2v) is 5.63. The van der Waals surface area contributed by atoms with Crippen LogP contribution in [0.2, 0.25) is 0 Å². The first-order valence-electron chi connectivity index (χ1n) is 6.14. The van der Waals surface area contributed by atoms with Crippen LogP contribution >= 0.6 is 0 Å². The summed E-state index contributed by atoms with van der Waals surface area (Å²) in [6.07, 6.45) is -4.11. The summed E-state index contributed by atoms with van der Waals surface area (Å²) in [6, 6.07) is 2.89. The molecule has 0 fully saturated rings. The van der Waals surface area contributed by atoms with Crippen molar-refractivity contribution in [2.45, 2.75) is 33.4 Å². The highest BCUT2D eigenvalue weighted by Gasteiger charge is 2.38. The van der Waals surface area contributed by atoms with Gasteiger partial charge in [-0.15, -0.1) is 0 Å². The third-order valence-corrected chi connectivity index (χ3v) is 3.57. The van der Waals surface area contributed by atoms with Crippen molar-refractivity contribution in [3.8, 4) is 0 Å². The maximum Gasteiger partial charge on any atom is 0.416 e. The van der Waals surface area contributed by atoms with E-state index in [1.165, 1.54) is 6.07 Å². The van der Waals surface area contributed by atoms with Gasteiger partial charge in [-0.1, -0.05) is 13.8 Å². The Morgan fingerprint density at radius 2 is 1.89 bits per heavy atom. The fourth-order valence-corrected chi connectivity index (χ4v) is 2.20. The van der Waals surface area contributed by atoms with Crippen LogP contribution in [0.15, 0.2) is 17.1 Å². The molecule has 1 aromatic rings. The number of fused-ring (bicyclic) bond motifs is 1. The summed E-state index contributed by atoms with van der Waals surface area (Å²) in [5, 5.41) is 0. The van der Waals surface area contributed by atoms with Crippen molar-refractivity contribution in [2.24, 2.45) is 16.1 Å². The van der Waals surface area contributed by atoms with Gasteiger partial charge in [0.15, 0.2) is 0 Å². The van der Waals surface area contributed by atoms with E-state index >= 15 is 0 Å². The van der Waals surface area contributed by atoms with E-state index in [9.17, 15) is 13.2 Å². The molecule has 0 unspecified atom stereocenters. The molecule has 1 aliphatic heterocycles. The van der Waals surface area contributed by atoms with Crippen molar-refractivity contribution in [3.63, 3.8) is 0 Å². The molecule has 0 atom stereocenters. The van der Waals surface area contributed by atoms with Crippen molar-refractivity contribution in [2.75, 3.05) is 6.54 Å². The number of hydrogen-bond acceptors (Lipinski definition) is 2. The fourth-order valence-electron chi connectivity index (χ4n) is 2.20. The predicted octanol–water partition coefficient (Wildman–Crippen LogP) is 3.63. The van der Waals surface area contributed by atoms with Gasteiger partial charge in [-0.3, -0.25) is 4.99 Å². The van der Waals surface area contributed by atoms with Gasteiger partial charge >= 0.3 is 6.18 Å². The highest BCUT2D eigenvalue weighted by atomic mass is 19.4. The summed E-state index contributed by atoms with van der Waals surface area (Å²) in [7, 11) is 0. The number of aryl methyl sites for hydroxylation is 1. The van der Waals surface area contributed by atoms with Gasteiger partial charge in [0.2, 0.25) is 0 Å². The first-order valence-corrected chi connectivity index (χ1v) is 6.14. The van der Waals surface area contributed by atoms with Crippen LogP contribution in [0.4, 0.5) is 18.9 Å². The second-order valence-electron chi connectivity index (χ2n) is 5.63. The predicted molar refractivity (Wildman–Crippen MR) is 69.8 cm³/mol. The van der Waals surface area contributed by atoms with Gasteiger partial charge in [-0.2, -0.15) is 13.2 Å². The normalized spacial score (nSPS) is 15.4. The Kier molecular flexibility index (Phi) is 3.21. The largest absolute Gasteiger partial charge is 0.416 e. The van der Waals surface area contributed by atoms with Crippen molar-refractivity contribution in [1.82, 2.24) is 0 Å². The molecule has 0 radical (unpaired) electrons. The molecule has 1 aliphatic rings. The van der Waals surface area contributed by atoms with E-state index in [0.29, 0.717) is 17.8 Å². The molecular formula is C14H17F3N2. The van der Waals surface area contributed by atoms with Gasteiger partial charge < -0.3 is 5.73 Å². The summed E-state index contributed by atoms with van der Waals surface area (Å²) in [5.74, 6) is 0. The zero-order valence-electron chi connectivity index (χ0n) is 11.2. The zero-order valence-corrected chi connectivity index (χ0v) is 11.2. The molecule has 0 saturated carbocycles. The second kappa shape index (κ2) is 4.34. The Labute approximate surface area is 110 Å². The Balaban J connectivity index is 2.51. The molecule has 5 heteroatoms. The molecule has 0 bridgehead atoms. The minimum Gasteiger partial charge on any atom is -0.330 e. The van der Waals surface area contributed by atoms with Gasteiger partial charge in [0.05, 0.1) is 11.3 Å². The molecule has 0 aliphatic carbocycles. The third kappa shape index (κ3) is 2.52. The molecule has 19 heavy (non-hydrogen) atoms. The summed E-state index contributed by atoms with van der Waals surface area (Å²) in [4.78, 5) is 4.37. The van der Waals surface area contributed by atoms with Gasteiger partial charge in [-0.05, 0) is 30.2 Å². The number of alkyl halides is 3. The Bertz CT molecular complexity index is 542. The monoisotopic (exact) mass is 270 g/mol. The lowest BCUT2D eigenvalue weighted by Gasteiger charge is -2.22. The molecule has 2 nitrogen and oxygen atoms in total. The number of hydrogen-bond donors (Lipinski definition) is 1. The fraction of sp³-hybridized carbons (Fsp3) is 0.500. The number of halogens is 3. The lowest BCUT2D eigenvalue weighted by atomic mass is 9.84. The summed E-state index contributed by atoms with van der Waals surface area (Å²) < 4.78 is 39.2. The van der Waals surface area contributed by atoms with Gasteiger partial charge in [-0.25, -0.2) is 0 Å². The minimum atomic E-state index is -4.34. The smallest absolute Gasteiger partial charge is 0.330 e. The van der Waals surface area contributed by atoms with Crippen molar-refractivity contribution in [1.29, 1.82) is 0 Å². The molecule has 0 spiro atoms. The number of nitrogens with zero attached hydrogens (tertiary/aromatic N) is 1. The molecule has 0 amide bonds. The summed E-state index contributed by atoms with van der Waals surface area (Å²) >= 11 is 0. The van der Waals surface area contributed by atoms with E-state index in [-0.39, 0.29) is 17.4 Å². The zero-order chi connectivity index (χ0) is 14.4. The third-order valence-electron chi connectivity index (χ3n) is 3.57. The average Bonchev–Trinajstić information content (AvgIpc) is 2.70. The van der Waals surface area contributed by atoms with Crippen LogP contribution < -0.4 is 5.73 Å². The SMILES string of the molecule is Cc1cc2c(c(C(F)(F)F)c1)CC(C(C)(C)CN)=N2. The lowest BCUT2D eigenvalue weighted by molar-refractivity contribution is -0.138. The molecule has 0 saturated heterocycles. The first-order chi connectivity index (χ1) is 8.65. The maximum atomic E-state index is 13.1. The van der Waals surface area contributed by atoms with Crippen LogP contribution in [0.25, 0.3) is 0 Å². The lowest BCUT2D eigenvalue weighted by Crippen LogP contribution is -2.33. The quantitative estimate of drug-likeness (QED) is 0.875. The summed E-state index contributed by atoms with van der Waals surface area (Å²) in [6.45, 7) is 5.81. The molecule has 1 heterocycles. The van der Waals surface area contributed by atoms with Crippen molar-refractivity contribution in [3.05, 3.63) is 28.8 Å². The van der Waals surface area contributed by atoms with E-state index in [1.807, 2.05) is 13.8 Å². The Morgan fingerprint density at radius 3 is 2.42 bits per heavy atom. The Hall–Kier alpha value is -1.36. The van der Waals surface area contributed by atoms with Crippen molar-refractivity contribution >= 4 is 11.4 Å². The van der Waals surface area contributed by atoms with Crippen LogP contribution in [0.5, 0.6) is 0 Å². The van der Waals surface area contributed by atoms with Crippen LogP contribution in [-0.2, 0) is 12.6 Å². The minimum absolute atomic E-state index is 0.231. The molecule has 0 aromatic heterocycles. The van der Waals surface area contributed by atoms with Crippen LogP contribution in [0.3, 0.4) is 0 Å². The number of aliphatic imine (C=N–C) groups is 1. The van der Waals surface area contributed by atoms with E-state index < -0.39 is 11.7 Å². The van der Waals surface area contributed by atoms with E-state index in [2.05, 4.69) is 4.99 Å². The van der Waals surface area contributed by atoms with Crippen LogP contribution in [0.1, 0.15) is 30.5 Å².